The third kappa shape index (κ3) is 4.96. The van der Waals surface area contributed by atoms with Gasteiger partial charge in [-0.1, -0.05) is 30.3 Å². The van der Waals surface area contributed by atoms with E-state index in [1.807, 2.05) is 18.2 Å². The summed E-state index contributed by atoms with van der Waals surface area (Å²) in [5.41, 5.74) is 0.673. The summed E-state index contributed by atoms with van der Waals surface area (Å²) >= 11 is 0. The van der Waals surface area contributed by atoms with Crippen molar-refractivity contribution in [2.24, 2.45) is 0 Å². The monoisotopic (exact) mass is 317 g/mol. The summed E-state index contributed by atoms with van der Waals surface area (Å²) in [7, 11) is 0. The topological polar surface area (TPSA) is 82.0 Å². The first kappa shape index (κ1) is 17.3. The molecule has 5 nitrogen and oxygen atoms in total. The first-order chi connectivity index (χ1) is 11.0. The highest BCUT2D eigenvalue weighted by atomic mass is 16.5. The molecule has 0 bridgehead atoms. The highest BCUT2D eigenvalue weighted by molar-refractivity contribution is 5.28. The predicted octanol–water partition coefficient (Wildman–Crippen LogP) is 2.19. The third-order valence-corrected chi connectivity index (χ3v) is 3.58. The average Bonchev–Trinajstić information content (AvgIpc) is 2.55. The molecule has 4 N–H and O–H groups in total. The largest absolute Gasteiger partial charge is 0.508 e. The lowest BCUT2D eigenvalue weighted by atomic mass is 10.0. The molecule has 2 aromatic rings. The van der Waals surface area contributed by atoms with E-state index in [0.717, 1.165) is 0 Å². The van der Waals surface area contributed by atoms with Crippen LogP contribution in [0.2, 0.25) is 0 Å². The van der Waals surface area contributed by atoms with Crippen LogP contribution in [0.4, 0.5) is 0 Å². The van der Waals surface area contributed by atoms with Crippen LogP contribution in [0.3, 0.4) is 0 Å². The van der Waals surface area contributed by atoms with Crippen LogP contribution in [-0.2, 0) is 0 Å². The molecule has 0 amide bonds. The number of ether oxygens (including phenoxy) is 1. The molecule has 124 valence electrons. The molecule has 5 heteroatoms. The summed E-state index contributed by atoms with van der Waals surface area (Å²) in [6.07, 6.45) is -2.21. The van der Waals surface area contributed by atoms with Gasteiger partial charge in [0.1, 0.15) is 17.6 Å². The minimum absolute atomic E-state index is 0.149. The van der Waals surface area contributed by atoms with E-state index in [-0.39, 0.29) is 11.8 Å². The van der Waals surface area contributed by atoms with E-state index in [1.54, 1.807) is 38.1 Å². The van der Waals surface area contributed by atoms with E-state index in [4.69, 9.17) is 4.74 Å². The van der Waals surface area contributed by atoms with Crippen molar-refractivity contribution in [1.29, 1.82) is 0 Å². The molecule has 0 radical (unpaired) electrons. The molecule has 0 aliphatic heterocycles. The van der Waals surface area contributed by atoms with Gasteiger partial charge in [0.2, 0.25) is 0 Å². The fraction of sp³-hybridized carbons (Fsp3) is 0.333. The highest BCUT2D eigenvalue weighted by Crippen LogP contribution is 2.20. The molecule has 4 atom stereocenters. The van der Waals surface area contributed by atoms with E-state index < -0.39 is 18.4 Å². The number of hydrogen-bond acceptors (Lipinski definition) is 5. The molecular formula is C18H23NO4. The first-order valence-electron chi connectivity index (χ1n) is 7.60. The summed E-state index contributed by atoms with van der Waals surface area (Å²) in [4.78, 5) is 0. The van der Waals surface area contributed by atoms with Crippen LogP contribution in [0, 0.1) is 0 Å². The van der Waals surface area contributed by atoms with Gasteiger partial charge < -0.3 is 20.1 Å². The quantitative estimate of drug-likeness (QED) is 0.589. The maximum absolute atomic E-state index is 10.4. The zero-order valence-corrected chi connectivity index (χ0v) is 13.3. The number of aromatic hydroxyl groups is 1. The summed E-state index contributed by atoms with van der Waals surface area (Å²) in [6, 6.07) is 15.2. The van der Waals surface area contributed by atoms with Crippen LogP contribution in [-0.4, -0.2) is 33.7 Å². The Hall–Kier alpha value is -2.08. The average molecular weight is 317 g/mol. The minimum atomic E-state index is -0.795. The Kier molecular flexibility index (Phi) is 5.98. The molecule has 0 aliphatic rings. The van der Waals surface area contributed by atoms with Gasteiger partial charge in [0.25, 0.3) is 0 Å². The molecule has 0 saturated heterocycles. The fourth-order valence-electron chi connectivity index (χ4n) is 2.23. The van der Waals surface area contributed by atoms with Crippen molar-refractivity contribution in [3.63, 3.8) is 0 Å². The summed E-state index contributed by atoms with van der Waals surface area (Å²) in [6.45, 7) is 3.43. The van der Waals surface area contributed by atoms with Crippen LogP contribution >= 0.6 is 0 Å². The second kappa shape index (κ2) is 7.97. The predicted molar refractivity (Wildman–Crippen MR) is 88.2 cm³/mol. The van der Waals surface area contributed by atoms with Crippen molar-refractivity contribution >= 4 is 0 Å². The molecule has 0 fully saturated rings. The number of rotatable bonds is 7. The lowest BCUT2D eigenvalue weighted by molar-refractivity contribution is 0.00438. The number of hydrogen-bond donors (Lipinski definition) is 4. The van der Waals surface area contributed by atoms with Gasteiger partial charge in [-0.25, -0.2) is 0 Å². The molecule has 0 aliphatic carbocycles. The normalized spacial score (nSPS) is 16.3. The van der Waals surface area contributed by atoms with Gasteiger partial charge in [-0.3, -0.25) is 5.32 Å². The molecule has 0 heterocycles. The van der Waals surface area contributed by atoms with Crippen molar-refractivity contribution in [3.05, 3.63) is 60.2 Å². The minimum Gasteiger partial charge on any atom is -0.508 e. The number of para-hydroxylation sites is 1. The van der Waals surface area contributed by atoms with Crippen LogP contribution < -0.4 is 10.1 Å². The van der Waals surface area contributed by atoms with Crippen LogP contribution in [0.1, 0.15) is 25.5 Å². The molecule has 0 aromatic heterocycles. The highest BCUT2D eigenvalue weighted by Gasteiger charge is 2.24. The lowest BCUT2D eigenvalue weighted by Gasteiger charge is -2.29. The Morgan fingerprint density at radius 2 is 1.52 bits per heavy atom. The van der Waals surface area contributed by atoms with Crippen LogP contribution in [0.25, 0.3) is 0 Å². The molecular weight excluding hydrogens is 294 g/mol. The van der Waals surface area contributed by atoms with Crippen molar-refractivity contribution in [1.82, 2.24) is 5.32 Å². The van der Waals surface area contributed by atoms with Gasteiger partial charge in [-0.05, 0) is 43.7 Å². The Balaban J connectivity index is 2.02. The Labute approximate surface area is 136 Å². The van der Waals surface area contributed by atoms with Crippen LogP contribution in [0.5, 0.6) is 11.5 Å². The molecule has 2 rings (SSSR count). The van der Waals surface area contributed by atoms with E-state index >= 15 is 0 Å². The second-order valence-electron chi connectivity index (χ2n) is 5.58. The van der Waals surface area contributed by atoms with Crippen molar-refractivity contribution in [2.75, 3.05) is 0 Å². The van der Waals surface area contributed by atoms with Gasteiger partial charge in [-0.15, -0.1) is 0 Å². The first-order valence-corrected chi connectivity index (χ1v) is 7.60. The van der Waals surface area contributed by atoms with E-state index in [2.05, 4.69) is 5.32 Å². The SMILES string of the molecule is CC(O)C(NC(C)C(O)c1ccc(O)cc1)Oc1ccccc1. The molecule has 0 saturated carbocycles. The van der Waals surface area contributed by atoms with E-state index in [1.165, 1.54) is 12.1 Å². The number of benzene rings is 2. The molecule has 23 heavy (non-hydrogen) atoms. The van der Waals surface area contributed by atoms with Crippen LogP contribution in [0.15, 0.2) is 54.6 Å². The van der Waals surface area contributed by atoms with Crippen molar-refractivity contribution in [2.45, 2.75) is 38.3 Å². The number of phenols is 1. The lowest BCUT2D eigenvalue weighted by Crippen LogP contribution is -2.49. The standard InChI is InChI=1S/C18H23NO4/c1-12(17(22)14-8-10-15(21)11-9-14)19-18(13(2)20)23-16-6-4-3-5-7-16/h3-13,17-22H,1-2H3. The Morgan fingerprint density at radius 3 is 2.09 bits per heavy atom. The fourth-order valence-corrected chi connectivity index (χ4v) is 2.23. The zero-order valence-electron chi connectivity index (χ0n) is 13.3. The second-order valence-corrected chi connectivity index (χ2v) is 5.58. The maximum atomic E-state index is 10.4. The van der Waals surface area contributed by atoms with E-state index in [9.17, 15) is 15.3 Å². The molecule has 2 aromatic carbocycles. The van der Waals surface area contributed by atoms with Crippen molar-refractivity contribution < 1.29 is 20.1 Å². The van der Waals surface area contributed by atoms with Gasteiger partial charge in [0.15, 0.2) is 6.23 Å². The third-order valence-electron chi connectivity index (χ3n) is 3.58. The number of aliphatic hydroxyl groups excluding tert-OH is 2. The van der Waals surface area contributed by atoms with Gasteiger partial charge in [0.05, 0.1) is 6.10 Å². The van der Waals surface area contributed by atoms with Gasteiger partial charge in [-0.2, -0.15) is 0 Å². The van der Waals surface area contributed by atoms with Gasteiger partial charge in [0, 0.05) is 6.04 Å². The number of nitrogens with one attached hydrogen (secondary N) is 1. The molecule has 0 spiro atoms. The van der Waals surface area contributed by atoms with Gasteiger partial charge >= 0.3 is 0 Å². The van der Waals surface area contributed by atoms with Crippen molar-refractivity contribution in [3.8, 4) is 11.5 Å². The smallest absolute Gasteiger partial charge is 0.176 e. The number of phenolic OH excluding ortho intramolecular Hbond substituents is 1. The molecule has 4 unspecified atom stereocenters. The summed E-state index contributed by atoms with van der Waals surface area (Å²) < 4.78 is 5.74. The Bertz CT molecular complexity index is 586. The number of aliphatic hydroxyl groups is 2. The maximum Gasteiger partial charge on any atom is 0.176 e. The summed E-state index contributed by atoms with van der Waals surface area (Å²) in [5.74, 6) is 0.785. The van der Waals surface area contributed by atoms with E-state index in [0.29, 0.717) is 11.3 Å². The Morgan fingerprint density at radius 1 is 0.913 bits per heavy atom. The summed E-state index contributed by atoms with van der Waals surface area (Å²) in [5, 5.41) is 32.7. The zero-order chi connectivity index (χ0) is 16.8.